The van der Waals surface area contributed by atoms with Crippen LogP contribution in [0.1, 0.15) is 5.56 Å². The molecule has 0 aromatic heterocycles. The van der Waals surface area contributed by atoms with Crippen molar-refractivity contribution in [3.05, 3.63) is 53.1 Å². The van der Waals surface area contributed by atoms with Crippen LogP contribution in [0.15, 0.2) is 47.4 Å². The number of thioether (sulfide) groups is 1. The zero-order valence-electron chi connectivity index (χ0n) is 11.6. The van der Waals surface area contributed by atoms with Crippen LogP contribution in [0.2, 0.25) is 5.02 Å². The zero-order valence-corrected chi connectivity index (χ0v) is 14.0. The highest BCUT2D eigenvalue weighted by atomic mass is 35.5. The second-order valence-corrected chi connectivity index (χ2v) is 6.10. The van der Waals surface area contributed by atoms with Crippen LogP contribution in [0, 0.1) is 0 Å². The summed E-state index contributed by atoms with van der Waals surface area (Å²) in [6, 6.07) is 13.8. The zero-order chi connectivity index (χ0) is 15.1. The van der Waals surface area contributed by atoms with Gasteiger partial charge in [-0.2, -0.15) is 0 Å². The van der Waals surface area contributed by atoms with Crippen molar-refractivity contribution in [1.82, 2.24) is 0 Å². The number of benzene rings is 2. The molecule has 0 amide bonds. The fourth-order valence-electron chi connectivity index (χ4n) is 1.81. The molecule has 112 valence electrons. The van der Waals surface area contributed by atoms with Crippen LogP contribution in [-0.4, -0.2) is 19.5 Å². The molecule has 0 unspecified atom stereocenters. The molecule has 0 spiro atoms. The van der Waals surface area contributed by atoms with Gasteiger partial charge in [-0.15, -0.1) is 23.4 Å². The van der Waals surface area contributed by atoms with Crippen LogP contribution in [0.4, 0.5) is 0 Å². The third-order valence-electron chi connectivity index (χ3n) is 2.79. The molecular formula is C16H16Cl2O2S. The summed E-state index contributed by atoms with van der Waals surface area (Å²) in [6.45, 7) is 0.551. The van der Waals surface area contributed by atoms with E-state index in [2.05, 4.69) is 12.1 Å². The van der Waals surface area contributed by atoms with Gasteiger partial charge < -0.3 is 9.47 Å². The fourth-order valence-corrected chi connectivity index (χ4v) is 3.00. The number of hydrogen-bond acceptors (Lipinski definition) is 3. The van der Waals surface area contributed by atoms with E-state index in [0.29, 0.717) is 29.0 Å². The van der Waals surface area contributed by atoms with E-state index in [0.717, 1.165) is 11.3 Å². The molecule has 21 heavy (non-hydrogen) atoms. The Kier molecular flexibility index (Phi) is 6.55. The van der Waals surface area contributed by atoms with Crippen LogP contribution < -0.4 is 9.47 Å². The largest absolute Gasteiger partial charge is 0.493 e. The van der Waals surface area contributed by atoms with Gasteiger partial charge in [-0.05, 0) is 29.8 Å². The van der Waals surface area contributed by atoms with Gasteiger partial charge in [-0.3, -0.25) is 0 Å². The molecule has 0 saturated heterocycles. The molecule has 0 bridgehead atoms. The Morgan fingerprint density at radius 2 is 1.90 bits per heavy atom. The lowest BCUT2D eigenvalue weighted by molar-refractivity contribution is 0.313. The summed E-state index contributed by atoms with van der Waals surface area (Å²) < 4.78 is 11.1. The maximum atomic E-state index is 6.22. The number of halogens is 2. The van der Waals surface area contributed by atoms with Crippen LogP contribution in [-0.2, 0) is 5.88 Å². The van der Waals surface area contributed by atoms with Crippen molar-refractivity contribution < 1.29 is 9.47 Å². The predicted octanol–water partition coefficient (Wildman–Crippen LogP) is 5.26. The van der Waals surface area contributed by atoms with Gasteiger partial charge in [0.1, 0.15) is 0 Å². The maximum Gasteiger partial charge on any atom is 0.179 e. The third-order valence-corrected chi connectivity index (χ3v) is 4.35. The quantitative estimate of drug-likeness (QED) is 0.388. The standard InChI is InChI=1S/C16H16Cl2O2S/c1-19-15-10-12(11-17)9-14(18)16(15)20-7-8-21-13-5-3-2-4-6-13/h2-6,9-10H,7-8,11H2,1H3. The van der Waals surface area contributed by atoms with Gasteiger partial charge in [0.25, 0.3) is 0 Å². The Labute approximate surface area is 139 Å². The summed E-state index contributed by atoms with van der Waals surface area (Å²) >= 11 is 13.8. The minimum Gasteiger partial charge on any atom is -0.493 e. The maximum absolute atomic E-state index is 6.22. The second-order valence-electron chi connectivity index (χ2n) is 4.25. The van der Waals surface area contributed by atoms with Gasteiger partial charge in [0, 0.05) is 16.5 Å². The molecule has 2 aromatic carbocycles. The van der Waals surface area contributed by atoms with Crippen molar-refractivity contribution in [2.45, 2.75) is 10.8 Å². The first-order valence-electron chi connectivity index (χ1n) is 6.47. The normalized spacial score (nSPS) is 10.4. The summed E-state index contributed by atoms with van der Waals surface area (Å²) in [4.78, 5) is 1.22. The topological polar surface area (TPSA) is 18.5 Å². The lowest BCUT2D eigenvalue weighted by Crippen LogP contribution is -2.02. The average molecular weight is 343 g/mol. The van der Waals surface area contributed by atoms with Gasteiger partial charge in [0.2, 0.25) is 0 Å². The molecule has 2 nitrogen and oxygen atoms in total. The monoisotopic (exact) mass is 342 g/mol. The number of ether oxygens (including phenoxy) is 2. The van der Waals surface area contributed by atoms with Crippen LogP contribution in [0.25, 0.3) is 0 Å². The smallest absolute Gasteiger partial charge is 0.179 e. The third kappa shape index (κ3) is 4.73. The molecule has 2 aromatic rings. The lowest BCUT2D eigenvalue weighted by atomic mass is 10.2. The first-order chi connectivity index (χ1) is 10.2. The molecule has 0 atom stereocenters. The molecule has 0 aliphatic heterocycles. The van der Waals surface area contributed by atoms with Crippen molar-refractivity contribution in [2.24, 2.45) is 0 Å². The summed E-state index contributed by atoms with van der Waals surface area (Å²) in [5.74, 6) is 2.41. The first-order valence-corrected chi connectivity index (χ1v) is 8.37. The minimum atomic E-state index is 0.389. The number of rotatable bonds is 7. The SMILES string of the molecule is COc1cc(CCl)cc(Cl)c1OCCSc1ccccc1. The van der Waals surface area contributed by atoms with Gasteiger partial charge in [-0.1, -0.05) is 29.8 Å². The van der Waals surface area contributed by atoms with E-state index in [1.54, 1.807) is 24.9 Å². The van der Waals surface area contributed by atoms with E-state index in [-0.39, 0.29) is 0 Å². The number of alkyl halides is 1. The Balaban J connectivity index is 1.93. The molecule has 0 aliphatic carbocycles. The van der Waals surface area contributed by atoms with Crippen molar-refractivity contribution in [3.63, 3.8) is 0 Å². The molecule has 0 radical (unpaired) electrons. The average Bonchev–Trinajstić information content (AvgIpc) is 2.53. The van der Waals surface area contributed by atoms with Crippen molar-refractivity contribution in [2.75, 3.05) is 19.5 Å². The minimum absolute atomic E-state index is 0.389. The van der Waals surface area contributed by atoms with Crippen molar-refractivity contribution in [1.29, 1.82) is 0 Å². The van der Waals surface area contributed by atoms with Crippen LogP contribution in [0.5, 0.6) is 11.5 Å². The van der Waals surface area contributed by atoms with E-state index in [1.165, 1.54) is 4.90 Å². The summed E-state index contributed by atoms with van der Waals surface area (Å²) in [5, 5.41) is 0.523. The van der Waals surface area contributed by atoms with Crippen LogP contribution >= 0.6 is 35.0 Å². The highest BCUT2D eigenvalue weighted by molar-refractivity contribution is 7.99. The Morgan fingerprint density at radius 1 is 1.14 bits per heavy atom. The molecule has 5 heteroatoms. The van der Waals surface area contributed by atoms with Crippen molar-refractivity contribution >= 4 is 35.0 Å². The Morgan fingerprint density at radius 3 is 2.57 bits per heavy atom. The summed E-state index contributed by atoms with van der Waals surface area (Å²) in [5.41, 5.74) is 0.907. The molecule has 0 N–H and O–H groups in total. The molecular weight excluding hydrogens is 327 g/mol. The van der Waals surface area contributed by atoms with Gasteiger partial charge in [-0.25, -0.2) is 0 Å². The molecule has 0 saturated carbocycles. The Hall–Kier alpha value is -1.03. The number of hydrogen-bond donors (Lipinski definition) is 0. The predicted molar refractivity (Wildman–Crippen MR) is 90.2 cm³/mol. The van der Waals surface area contributed by atoms with Crippen molar-refractivity contribution in [3.8, 4) is 11.5 Å². The summed E-state index contributed by atoms with van der Waals surface area (Å²) in [7, 11) is 1.59. The van der Waals surface area contributed by atoms with E-state index >= 15 is 0 Å². The van der Waals surface area contributed by atoms with E-state index < -0.39 is 0 Å². The van der Waals surface area contributed by atoms with E-state index in [4.69, 9.17) is 32.7 Å². The van der Waals surface area contributed by atoms with Crippen LogP contribution in [0.3, 0.4) is 0 Å². The highest BCUT2D eigenvalue weighted by Crippen LogP contribution is 2.37. The van der Waals surface area contributed by atoms with E-state index in [1.807, 2.05) is 24.3 Å². The summed E-state index contributed by atoms with van der Waals surface area (Å²) in [6.07, 6.45) is 0. The molecule has 2 rings (SSSR count). The lowest BCUT2D eigenvalue weighted by Gasteiger charge is -2.13. The van der Waals surface area contributed by atoms with Gasteiger partial charge >= 0.3 is 0 Å². The molecule has 0 heterocycles. The first kappa shape index (κ1) is 16.3. The fraction of sp³-hybridized carbons (Fsp3) is 0.250. The van der Waals surface area contributed by atoms with Gasteiger partial charge in [0.15, 0.2) is 11.5 Å². The van der Waals surface area contributed by atoms with E-state index in [9.17, 15) is 0 Å². The second kappa shape index (κ2) is 8.42. The van der Waals surface area contributed by atoms with Gasteiger partial charge in [0.05, 0.1) is 18.7 Å². The number of methoxy groups -OCH3 is 1. The highest BCUT2D eigenvalue weighted by Gasteiger charge is 2.11. The molecule has 0 fully saturated rings. The Bertz CT molecular complexity index is 576. The molecule has 0 aliphatic rings.